The van der Waals surface area contributed by atoms with E-state index in [-0.39, 0.29) is 0 Å². The lowest BCUT2D eigenvalue weighted by Crippen LogP contribution is -2.49. The summed E-state index contributed by atoms with van der Waals surface area (Å²) in [7, 11) is 1.51. The molecule has 1 aliphatic heterocycles. The second-order valence-corrected chi connectivity index (χ2v) is 4.14. The van der Waals surface area contributed by atoms with Crippen LogP contribution in [-0.2, 0) is 4.74 Å². The molecule has 0 aromatic heterocycles. The van der Waals surface area contributed by atoms with E-state index in [0.29, 0.717) is 11.3 Å². The van der Waals surface area contributed by atoms with Gasteiger partial charge in [-0.1, -0.05) is 12.1 Å². The SMILES string of the molecule is COc1ccc([C@@H]2NC(=O)OCC2(F)F)cc1C. The zero-order chi connectivity index (χ0) is 13.3. The molecule has 4 nitrogen and oxygen atoms in total. The molecule has 1 aromatic rings. The van der Waals surface area contributed by atoms with Gasteiger partial charge in [-0.05, 0) is 24.1 Å². The Morgan fingerprint density at radius 3 is 2.83 bits per heavy atom. The molecular weight excluding hydrogens is 244 g/mol. The van der Waals surface area contributed by atoms with Crippen LogP contribution in [0.15, 0.2) is 18.2 Å². The van der Waals surface area contributed by atoms with Crippen molar-refractivity contribution >= 4 is 6.09 Å². The maximum Gasteiger partial charge on any atom is 0.408 e. The van der Waals surface area contributed by atoms with Crippen molar-refractivity contribution in [3.63, 3.8) is 0 Å². The van der Waals surface area contributed by atoms with E-state index in [1.807, 2.05) is 0 Å². The molecule has 98 valence electrons. The lowest BCUT2D eigenvalue weighted by atomic mass is 9.98. The highest BCUT2D eigenvalue weighted by molar-refractivity contribution is 5.69. The molecule has 0 unspecified atom stereocenters. The number of amides is 1. The smallest absolute Gasteiger partial charge is 0.408 e. The van der Waals surface area contributed by atoms with Crippen LogP contribution in [0.4, 0.5) is 13.6 Å². The molecular formula is C12H13F2NO3. The van der Waals surface area contributed by atoms with Crippen LogP contribution in [0.2, 0.25) is 0 Å². The molecule has 1 fully saturated rings. The molecule has 1 heterocycles. The van der Waals surface area contributed by atoms with Crippen LogP contribution < -0.4 is 10.1 Å². The van der Waals surface area contributed by atoms with Crippen LogP contribution in [0.5, 0.6) is 5.75 Å². The molecule has 0 saturated carbocycles. The predicted octanol–water partition coefficient (Wildman–Crippen LogP) is 2.42. The summed E-state index contributed by atoms with van der Waals surface area (Å²) < 4.78 is 36.7. The van der Waals surface area contributed by atoms with Gasteiger partial charge in [0.05, 0.1) is 7.11 Å². The number of hydrogen-bond acceptors (Lipinski definition) is 3. The number of aryl methyl sites for hydroxylation is 1. The minimum atomic E-state index is -3.13. The number of nitrogens with one attached hydrogen (secondary N) is 1. The number of cyclic esters (lactones) is 1. The second kappa shape index (κ2) is 4.44. The Morgan fingerprint density at radius 1 is 1.50 bits per heavy atom. The maximum atomic E-state index is 13.7. The van der Waals surface area contributed by atoms with Crippen molar-refractivity contribution in [1.29, 1.82) is 0 Å². The van der Waals surface area contributed by atoms with Gasteiger partial charge in [0.15, 0.2) is 6.61 Å². The van der Waals surface area contributed by atoms with Gasteiger partial charge in [-0.3, -0.25) is 0 Å². The number of rotatable bonds is 2. The van der Waals surface area contributed by atoms with Crippen molar-refractivity contribution in [2.45, 2.75) is 18.9 Å². The van der Waals surface area contributed by atoms with E-state index >= 15 is 0 Å². The summed E-state index contributed by atoms with van der Waals surface area (Å²) >= 11 is 0. The first-order valence-electron chi connectivity index (χ1n) is 5.39. The molecule has 2 rings (SSSR count). The highest BCUT2D eigenvalue weighted by Gasteiger charge is 2.46. The molecule has 18 heavy (non-hydrogen) atoms. The van der Waals surface area contributed by atoms with E-state index in [1.165, 1.54) is 13.2 Å². The zero-order valence-electron chi connectivity index (χ0n) is 10.00. The highest BCUT2D eigenvalue weighted by atomic mass is 19.3. The minimum Gasteiger partial charge on any atom is -0.496 e. The first-order valence-corrected chi connectivity index (χ1v) is 5.39. The van der Waals surface area contributed by atoms with Crippen molar-refractivity contribution in [3.05, 3.63) is 29.3 Å². The molecule has 0 bridgehead atoms. The number of benzene rings is 1. The molecule has 1 N–H and O–H groups in total. The lowest BCUT2D eigenvalue weighted by Gasteiger charge is -2.32. The van der Waals surface area contributed by atoms with Crippen LogP contribution in [0.1, 0.15) is 17.2 Å². The van der Waals surface area contributed by atoms with Crippen LogP contribution in [0, 0.1) is 6.92 Å². The molecule has 0 radical (unpaired) electrons. The average molecular weight is 257 g/mol. The third-order valence-electron chi connectivity index (χ3n) is 2.83. The van der Waals surface area contributed by atoms with Gasteiger partial charge < -0.3 is 14.8 Å². The number of ether oxygens (including phenoxy) is 2. The van der Waals surface area contributed by atoms with Crippen molar-refractivity contribution in [3.8, 4) is 5.75 Å². The van der Waals surface area contributed by atoms with E-state index in [9.17, 15) is 13.6 Å². The van der Waals surface area contributed by atoms with Crippen molar-refractivity contribution in [2.24, 2.45) is 0 Å². The molecule has 6 heteroatoms. The van der Waals surface area contributed by atoms with E-state index in [2.05, 4.69) is 10.1 Å². The van der Waals surface area contributed by atoms with Crippen LogP contribution >= 0.6 is 0 Å². The standard InChI is InChI=1S/C12H13F2NO3/c1-7-5-8(3-4-9(7)17-2)10-12(13,14)6-18-11(16)15-10/h3-5,10H,6H2,1-2H3,(H,15,16)/t10-/m0/s1. The highest BCUT2D eigenvalue weighted by Crippen LogP contribution is 2.35. The molecule has 1 saturated heterocycles. The minimum absolute atomic E-state index is 0.329. The average Bonchev–Trinajstić information content (AvgIpc) is 2.32. The Hall–Kier alpha value is -1.85. The number of hydrogen-bond donors (Lipinski definition) is 1. The number of alkyl carbamates (subject to hydrolysis) is 1. The first kappa shape index (κ1) is 12.6. The summed E-state index contributed by atoms with van der Waals surface area (Å²) in [5.41, 5.74) is 1.06. The Kier molecular flexibility index (Phi) is 3.11. The normalized spacial score (nSPS) is 22.0. The van der Waals surface area contributed by atoms with Crippen molar-refractivity contribution in [1.82, 2.24) is 5.32 Å². The van der Waals surface area contributed by atoms with Crippen LogP contribution in [0.3, 0.4) is 0 Å². The fraction of sp³-hybridized carbons (Fsp3) is 0.417. The summed E-state index contributed by atoms with van der Waals surface area (Å²) in [5, 5.41) is 2.14. The molecule has 1 amide bonds. The lowest BCUT2D eigenvalue weighted by molar-refractivity contribution is -0.104. The fourth-order valence-corrected chi connectivity index (χ4v) is 1.92. The monoisotopic (exact) mass is 257 g/mol. The molecule has 1 atom stereocenters. The molecule has 1 aliphatic rings. The zero-order valence-corrected chi connectivity index (χ0v) is 10.00. The number of halogens is 2. The molecule has 1 aromatic carbocycles. The number of methoxy groups -OCH3 is 1. The summed E-state index contributed by atoms with van der Waals surface area (Å²) in [6.07, 6.45) is -0.834. The van der Waals surface area contributed by atoms with E-state index in [1.54, 1.807) is 19.1 Å². The predicted molar refractivity (Wildman–Crippen MR) is 59.9 cm³/mol. The quantitative estimate of drug-likeness (QED) is 0.885. The van der Waals surface area contributed by atoms with Crippen molar-refractivity contribution in [2.75, 3.05) is 13.7 Å². The Bertz CT molecular complexity index is 476. The van der Waals surface area contributed by atoms with E-state index < -0.39 is 24.7 Å². The van der Waals surface area contributed by atoms with Gasteiger partial charge in [0.1, 0.15) is 11.8 Å². The fourth-order valence-electron chi connectivity index (χ4n) is 1.92. The van der Waals surface area contributed by atoms with Gasteiger partial charge in [0.25, 0.3) is 0 Å². The molecule has 0 aliphatic carbocycles. The van der Waals surface area contributed by atoms with Crippen LogP contribution in [0.25, 0.3) is 0 Å². The van der Waals surface area contributed by atoms with E-state index in [4.69, 9.17) is 4.74 Å². The van der Waals surface area contributed by atoms with Gasteiger partial charge in [0.2, 0.25) is 0 Å². The summed E-state index contributed by atoms with van der Waals surface area (Å²) in [4.78, 5) is 11.1. The van der Waals surface area contributed by atoms with Crippen molar-refractivity contribution < 1.29 is 23.0 Å². The Labute approximate surface area is 103 Å². The molecule has 0 spiro atoms. The van der Waals surface area contributed by atoms with Gasteiger partial charge in [-0.25, -0.2) is 13.6 Å². The largest absolute Gasteiger partial charge is 0.496 e. The number of alkyl halides is 2. The third kappa shape index (κ3) is 2.23. The van der Waals surface area contributed by atoms with Gasteiger partial charge >= 0.3 is 12.0 Å². The summed E-state index contributed by atoms with van der Waals surface area (Å²) in [5.74, 6) is -2.52. The second-order valence-electron chi connectivity index (χ2n) is 4.14. The van der Waals surface area contributed by atoms with E-state index in [0.717, 1.165) is 5.56 Å². The number of carbonyl (C=O) groups excluding carboxylic acids is 1. The summed E-state index contributed by atoms with van der Waals surface area (Å²) in [6.45, 7) is 0.843. The topological polar surface area (TPSA) is 47.6 Å². The van der Waals surface area contributed by atoms with Crippen LogP contribution in [-0.4, -0.2) is 25.7 Å². The number of carbonyl (C=O) groups is 1. The summed E-state index contributed by atoms with van der Waals surface area (Å²) in [6, 6.07) is 3.31. The van der Waals surface area contributed by atoms with Gasteiger partial charge in [-0.15, -0.1) is 0 Å². The maximum absolute atomic E-state index is 13.7. The van der Waals surface area contributed by atoms with Gasteiger partial charge in [-0.2, -0.15) is 0 Å². The Morgan fingerprint density at radius 2 is 2.22 bits per heavy atom. The Balaban J connectivity index is 2.34. The third-order valence-corrected chi connectivity index (χ3v) is 2.83. The van der Waals surface area contributed by atoms with Gasteiger partial charge in [0, 0.05) is 0 Å². The first-order chi connectivity index (χ1) is 8.44.